The predicted octanol–water partition coefficient (Wildman–Crippen LogP) is 0.620. The normalized spacial score (nSPS) is 11.7. The number of hydrogen-bond donors (Lipinski definition) is 2. The van der Waals surface area contributed by atoms with Crippen LogP contribution in [0.1, 0.15) is 5.56 Å². The van der Waals surface area contributed by atoms with Gasteiger partial charge in [-0.15, -0.1) is 0 Å². The van der Waals surface area contributed by atoms with Gasteiger partial charge >= 0.3 is 0 Å². The van der Waals surface area contributed by atoms with E-state index in [-0.39, 0.29) is 22.8 Å². The van der Waals surface area contributed by atoms with Gasteiger partial charge in [-0.25, -0.2) is 17.5 Å². The summed E-state index contributed by atoms with van der Waals surface area (Å²) in [5, 5.41) is 3.75. The number of aromatic nitrogens is 2. The minimum Gasteiger partial charge on any atom is -0.381 e. The highest BCUT2D eigenvalue weighted by Crippen LogP contribution is 2.16. The largest absolute Gasteiger partial charge is 0.381 e. The Morgan fingerprint density at radius 3 is 2.68 bits per heavy atom. The van der Waals surface area contributed by atoms with Gasteiger partial charge in [0.05, 0.1) is 0 Å². The lowest BCUT2D eigenvalue weighted by Crippen LogP contribution is -2.24. The molecule has 0 amide bonds. The lowest BCUT2D eigenvalue weighted by molar-refractivity contribution is 0.574. The molecule has 0 aliphatic rings. The topological polar surface area (TPSA) is 90.0 Å². The first kappa shape index (κ1) is 13.5. The average molecular weight is 284 g/mol. The molecular weight excluding hydrogens is 271 g/mol. The molecule has 1 aromatic carbocycles. The van der Waals surface area contributed by atoms with Crippen molar-refractivity contribution in [1.29, 1.82) is 0 Å². The van der Waals surface area contributed by atoms with E-state index in [0.717, 1.165) is 0 Å². The number of nitrogens with zero attached hydrogens (tertiary/aromatic N) is 2. The van der Waals surface area contributed by atoms with Gasteiger partial charge in [-0.2, -0.15) is 5.10 Å². The van der Waals surface area contributed by atoms with Gasteiger partial charge in [-0.05, 0) is 6.07 Å². The van der Waals surface area contributed by atoms with Crippen molar-refractivity contribution >= 4 is 15.8 Å². The fourth-order valence-corrected chi connectivity index (χ4v) is 2.69. The molecule has 6 nitrogen and oxygen atoms in total. The third-order valence-electron chi connectivity index (χ3n) is 2.52. The fraction of sp³-hybridized carbons (Fsp3) is 0.182. The van der Waals surface area contributed by atoms with Gasteiger partial charge in [0, 0.05) is 25.4 Å². The molecule has 102 valence electrons. The van der Waals surface area contributed by atoms with Crippen LogP contribution in [0.15, 0.2) is 35.4 Å². The number of anilines is 1. The summed E-state index contributed by atoms with van der Waals surface area (Å²) >= 11 is 0. The first-order valence-corrected chi connectivity index (χ1v) is 6.90. The number of nitrogen functional groups attached to an aromatic ring is 1. The van der Waals surface area contributed by atoms with Crippen molar-refractivity contribution in [1.82, 2.24) is 14.5 Å². The Labute approximate surface area is 110 Å². The third kappa shape index (κ3) is 2.91. The molecule has 0 fully saturated rings. The highest BCUT2D eigenvalue weighted by Gasteiger charge is 2.20. The lowest BCUT2D eigenvalue weighted by atomic mass is 10.2. The van der Waals surface area contributed by atoms with Gasteiger partial charge in [0.2, 0.25) is 10.0 Å². The highest BCUT2D eigenvalue weighted by atomic mass is 32.2. The molecule has 0 atom stereocenters. The molecular formula is C11H13FN4O2S. The Balaban J connectivity index is 2.19. The number of benzene rings is 1. The molecule has 3 N–H and O–H groups in total. The SMILES string of the molecule is Cn1cc(S(=O)(=O)NCc2ccccc2F)c(N)n1. The molecule has 2 rings (SSSR count). The summed E-state index contributed by atoms with van der Waals surface area (Å²) in [4.78, 5) is -0.119. The van der Waals surface area contributed by atoms with Crippen molar-refractivity contribution in [2.24, 2.45) is 7.05 Å². The molecule has 0 bridgehead atoms. The summed E-state index contributed by atoms with van der Waals surface area (Å²) in [6.07, 6.45) is 1.29. The maximum Gasteiger partial charge on any atom is 0.246 e. The molecule has 0 aliphatic heterocycles. The van der Waals surface area contributed by atoms with Gasteiger partial charge in [0.25, 0.3) is 0 Å². The fourth-order valence-electron chi connectivity index (χ4n) is 1.58. The van der Waals surface area contributed by atoms with Crippen LogP contribution in [0, 0.1) is 5.82 Å². The number of sulfonamides is 1. The quantitative estimate of drug-likeness (QED) is 0.861. The molecule has 0 spiro atoms. The molecule has 2 aromatic rings. The number of halogens is 1. The van der Waals surface area contributed by atoms with Gasteiger partial charge in [-0.3, -0.25) is 4.68 Å². The van der Waals surface area contributed by atoms with E-state index in [4.69, 9.17) is 5.73 Å². The third-order valence-corrected chi connectivity index (χ3v) is 3.94. The Morgan fingerprint density at radius 1 is 1.42 bits per heavy atom. The molecule has 1 aromatic heterocycles. The number of rotatable bonds is 4. The van der Waals surface area contributed by atoms with E-state index in [1.54, 1.807) is 13.1 Å². The van der Waals surface area contributed by atoms with Crippen LogP contribution >= 0.6 is 0 Å². The van der Waals surface area contributed by atoms with Crippen molar-refractivity contribution in [3.63, 3.8) is 0 Å². The van der Waals surface area contributed by atoms with Crippen molar-refractivity contribution < 1.29 is 12.8 Å². The van der Waals surface area contributed by atoms with Gasteiger partial charge in [0.15, 0.2) is 5.82 Å². The Morgan fingerprint density at radius 2 is 2.11 bits per heavy atom. The van der Waals surface area contributed by atoms with E-state index in [1.807, 2.05) is 0 Å². The summed E-state index contributed by atoms with van der Waals surface area (Å²) in [6, 6.07) is 5.93. The monoisotopic (exact) mass is 284 g/mol. The Bertz CT molecular complexity index is 696. The van der Waals surface area contributed by atoms with Crippen LogP contribution in [-0.4, -0.2) is 18.2 Å². The second-order valence-electron chi connectivity index (χ2n) is 3.97. The number of nitrogens with one attached hydrogen (secondary N) is 1. The smallest absolute Gasteiger partial charge is 0.246 e. The van der Waals surface area contributed by atoms with E-state index in [9.17, 15) is 12.8 Å². The molecule has 0 aliphatic carbocycles. The van der Waals surface area contributed by atoms with Crippen molar-refractivity contribution in [3.8, 4) is 0 Å². The van der Waals surface area contributed by atoms with Crippen LogP contribution in [0.3, 0.4) is 0 Å². The first-order chi connectivity index (χ1) is 8.90. The van der Waals surface area contributed by atoms with Crippen LogP contribution in [0.5, 0.6) is 0 Å². The van der Waals surface area contributed by atoms with Crippen LogP contribution in [0.25, 0.3) is 0 Å². The minimum absolute atomic E-state index is 0.0940. The summed E-state index contributed by atoms with van der Waals surface area (Å²) in [5.74, 6) is -0.562. The second kappa shape index (κ2) is 4.98. The van der Waals surface area contributed by atoms with E-state index < -0.39 is 15.8 Å². The first-order valence-electron chi connectivity index (χ1n) is 5.42. The van der Waals surface area contributed by atoms with E-state index >= 15 is 0 Å². The standard InChI is InChI=1S/C11H13FN4O2S/c1-16-7-10(11(13)15-16)19(17,18)14-6-8-4-2-3-5-9(8)12/h2-5,7,14H,6H2,1H3,(H2,13,15). The Hall–Kier alpha value is -1.93. The zero-order chi connectivity index (χ0) is 14.0. The number of hydrogen-bond acceptors (Lipinski definition) is 4. The lowest BCUT2D eigenvalue weighted by Gasteiger charge is -2.06. The van der Waals surface area contributed by atoms with Crippen molar-refractivity contribution in [2.45, 2.75) is 11.4 Å². The maximum absolute atomic E-state index is 13.4. The van der Waals surface area contributed by atoms with Crippen LogP contribution in [0.4, 0.5) is 10.2 Å². The molecule has 0 unspecified atom stereocenters. The number of nitrogens with two attached hydrogens (primary N) is 1. The van der Waals surface area contributed by atoms with E-state index in [0.29, 0.717) is 0 Å². The maximum atomic E-state index is 13.4. The van der Waals surface area contributed by atoms with Crippen LogP contribution in [0.2, 0.25) is 0 Å². The second-order valence-corrected chi connectivity index (χ2v) is 5.70. The Kier molecular flexibility index (Phi) is 3.54. The van der Waals surface area contributed by atoms with Gasteiger partial charge < -0.3 is 5.73 Å². The van der Waals surface area contributed by atoms with Crippen LogP contribution in [-0.2, 0) is 23.6 Å². The van der Waals surface area contributed by atoms with Crippen LogP contribution < -0.4 is 10.5 Å². The predicted molar refractivity (Wildman–Crippen MR) is 68.0 cm³/mol. The highest BCUT2D eigenvalue weighted by molar-refractivity contribution is 7.89. The molecule has 0 saturated carbocycles. The summed E-state index contributed by atoms with van der Waals surface area (Å²) in [7, 11) is -2.25. The molecule has 19 heavy (non-hydrogen) atoms. The molecule has 1 heterocycles. The van der Waals surface area contributed by atoms with Gasteiger partial charge in [-0.1, -0.05) is 18.2 Å². The number of aryl methyl sites for hydroxylation is 1. The zero-order valence-corrected chi connectivity index (χ0v) is 11.0. The molecule has 0 saturated heterocycles. The van der Waals surface area contributed by atoms with Crippen molar-refractivity contribution in [3.05, 3.63) is 41.8 Å². The minimum atomic E-state index is -3.81. The summed E-state index contributed by atoms with van der Waals surface area (Å²) in [5.41, 5.74) is 5.76. The summed E-state index contributed by atoms with van der Waals surface area (Å²) < 4.78 is 40.9. The van der Waals surface area contributed by atoms with Gasteiger partial charge in [0.1, 0.15) is 10.7 Å². The van der Waals surface area contributed by atoms with Crippen molar-refractivity contribution in [2.75, 3.05) is 5.73 Å². The van der Waals surface area contributed by atoms with E-state index in [2.05, 4.69) is 9.82 Å². The zero-order valence-electron chi connectivity index (χ0n) is 10.2. The van der Waals surface area contributed by atoms with E-state index in [1.165, 1.54) is 29.1 Å². The average Bonchev–Trinajstić information content (AvgIpc) is 2.68. The summed E-state index contributed by atoms with van der Waals surface area (Å²) in [6.45, 7) is -0.149. The molecule has 8 heteroatoms. The molecule has 0 radical (unpaired) electrons.